The van der Waals surface area contributed by atoms with Crippen LogP contribution in [0.5, 0.6) is 0 Å². The number of thiazole rings is 1. The van der Waals surface area contributed by atoms with E-state index in [4.69, 9.17) is 34.8 Å². The van der Waals surface area contributed by atoms with Crippen LogP contribution in [0, 0.1) is 5.82 Å². The molecular weight excluding hydrogens is 502 g/mol. The molecule has 0 radical (unpaired) electrons. The third-order valence-electron chi connectivity index (χ3n) is 5.28. The summed E-state index contributed by atoms with van der Waals surface area (Å²) in [6.07, 6.45) is 1.51. The normalized spacial score (nSPS) is 15.4. The SMILES string of the molecule is O=S(=O)(c1ccc(Cl)c(Cl)c1)C1CCN(c2nc(Cc3ccc(Cl)c(F)c3)cs2)CC1. The van der Waals surface area contributed by atoms with Gasteiger partial charge in [-0.3, -0.25) is 0 Å². The minimum absolute atomic E-state index is 0.0985. The number of nitrogens with zero attached hydrogens (tertiary/aromatic N) is 2. The molecule has 0 aliphatic carbocycles. The molecule has 31 heavy (non-hydrogen) atoms. The molecule has 0 saturated carbocycles. The highest BCUT2D eigenvalue weighted by atomic mass is 35.5. The van der Waals surface area contributed by atoms with Gasteiger partial charge in [0.1, 0.15) is 5.82 Å². The fourth-order valence-corrected chi connectivity index (χ4v) is 6.70. The Morgan fingerprint density at radius 3 is 2.42 bits per heavy atom. The van der Waals surface area contributed by atoms with Gasteiger partial charge < -0.3 is 4.90 Å². The van der Waals surface area contributed by atoms with E-state index < -0.39 is 20.9 Å². The minimum Gasteiger partial charge on any atom is -0.348 e. The standard InChI is InChI=1S/C21H18Cl3FN2O2S2/c22-17-4-2-16(11-19(17)24)31(28,29)15-5-7-27(8-6-15)21-26-14(12-30-21)9-13-1-3-18(23)20(25)10-13/h1-4,10-12,15H,5-9H2. The van der Waals surface area contributed by atoms with Crippen LogP contribution in [0.1, 0.15) is 24.1 Å². The smallest absolute Gasteiger partial charge is 0.185 e. The molecule has 0 bridgehead atoms. The Morgan fingerprint density at radius 2 is 1.74 bits per heavy atom. The highest BCUT2D eigenvalue weighted by Crippen LogP contribution is 2.32. The Labute approximate surface area is 199 Å². The molecule has 0 atom stereocenters. The number of piperidine rings is 1. The highest BCUT2D eigenvalue weighted by Gasteiger charge is 2.32. The number of hydrogen-bond acceptors (Lipinski definition) is 5. The molecule has 0 N–H and O–H groups in total. The number of hydrogen-bond donors (Lipinski definition) is 0. The molecule has 3 aromatic rings. The van der Waals surface area contributed by atoms with E-state index in [0.29, 0.717) is 37.4 Å². The van der Waals surface area contributed by atoms with Gasteiger partial charge in [-0.2, -0.15) is 0 Å². The van der Waals surface area contributed by atoms with Gasteiger partial charge in [-0.05, 0) is 48.7 Å². The number of anilines is 1. The lowest BCUT2D eigenvalue weighted by Crippen LogP contribution is -2.39. The quantitative estimate of drug-likeness (QED) is 0.398. The van der Waals surface area contributed by atoms with Gasteiger partial charge in [0.2, 0.25) is 0 Å². The third-order valence-corrected chi connectivity index (χ3v) is 9.54. The van der Waals surface area contributed by atoms with Gasteiger partial charge in [0.15, 0.2) is 15.0 Å². The van der Waals surface area contributed by atoms with Gasteiger partial charge in [-0.25, -0.2) is 17.8 Å². The van der Waals surface area contributed by atoms with Crippen molar-refractivity contribution in [1.82, 2.24) is 4.98 Å². The Bertz CT molecular complexity index is 1210. The summed E-state index contributed by atoms with van der Waals surface area (Å²) in [6.45, 7) is 1.18. The van der Waals surface area contributed by atoms with Crippen LogP contribution in [0.25, 0.3) is 0 Å². The summed E-state index contributed by atoms with van der Waals surface area (Å²) in [5, 5.41) is 2.97. The molecule has 10 heteroatoms. The maximum atomic E-state index is 13.7. The molecule has 1 fully saturated rings. The van der Waals surface area contributed by atoms with E-state index in [-0.39, 0.29) is 14.9 Å². The first-order valence-corrected chi connectivity index (χ1v) is 13.1. The van der Waals surface area contributed by atoms with Crippen molar-refractivity contribution < 1.29 is 12.8 Å². The number of halogens is 4. The van der Waals surface area contributed by atoms with E-state index >= 15 is 0 Å². The maximum absolute atomic E-state index is 13.7. The number of benzene rings is 2. The number of aromatic nitrogens is 1. The molecule has 164 valence electrons. The molecule has 1 saturated heterocycles. The Balaban J connectivity index is 1.41. The van der Waals surface area contributed by atoms with Gasteiger partial charge in [-0.15, -0.1) is 11.3 Å². The first-order chi connectivity index (χ1) is 14.7. The van der Waals surface area contributed by atoms with E-state index in [1.165, 1.54) is 35.6 Å². The second kappa shape index (κ2) is 9.24. The summed E-state index contributed by atoms with van der Waals surface area (Å²) in [7, 11) is -3.48. The lowest BCUT2D eigenvalue weighted by atomic mass is 10.1. The summed E-state index contributed by atoms with van der Waals surface area (Å²) in [6, 6.07) is 9.17. The lowest BCUT2D eigenvalue weighted by Gasteiger charge is -2.31. The van der Waals surface area contributed by atoms with E-state index in [9.17, 15) is 12.8 Å². The summed E-state index contributed by atoms with van der Waals surface area (Å²) in [4.78, 5) is 6.95. The summed E-state index contributed by atoms with van der Waals surface area (Å²) in [5.74, 6) is -0.445. The van der Waals surface area contributed by atoms with Crippen molar-refractivity contribution in [1.29, 1.82) is 0 Å². The summed E-state index contributed by atoms with van der Waals surface area (Å²) >= 11 is 19.1. The van der Waals surface area contributed by atoms with Crippen molar-refractivity contribution in [2.24, 2.45) is 0 Å². The van der Waals surface area contributed by atoms with Crippen molar-refractivity contribution >= 4 is 61.1 Å². The van der Waals surface area contributed by atoms with Crippen LogP contribution < -0.4 is 4.90 Å². The average Bonchev–Trinajstić information content (AvgIpc) is 3.21. The molecule has 0 amide bonds. The van der Waals surface area contributed by atoms with Crippen LogP contribution in [-0.4, -0.2) is 31.7 Å². The molecule has 1 aliphatic heterocycles. The van der Waals surface area contributed by atoms with Crippen LogP contribution in [0.3, 0.4) is 0 Å². The monoisotopic (exact) mass is 518 g/mol. The van der Waals surface area contributed by atoms with Gasteiger partial charge in [0.25, 0.3) is 0 Å². The van der Waals surface area contributed by atoms with Gasteiger partial charge >= 0.3 is 0 Å². The predicted octanol–water partition coefficient (Wildman–Crippen LogP) is 6.28. The maximum Gasteiger partial charge on any atom is 0.185 e. The second-order valence-corrected chi connectivity index (χ2v) is 11.6. The molecule has 4 rings (SSSR count). The van der Waals surface area contributed by atoms with Crippen molar-refractivity contribution in [3.8, 4) is 0 Å². The molecule has 2 aromatic carbocycles. The van der Waals surface area contributed by atoms with Crippen LogP contribution >= 0.6 is 46.1 Å². The molecule has 1 aromatic heterocycles. The number of rotatable bonds is 5. The molecule has 0 spiro atoms. The predicted molar refractivity (Wildman–Crippen MR) is 125 cm³/mol. The molecule has 0 unspecified atom stereocenters. The first-order valence-electron chi connectivity index (χ1n) is 9.56. The van der Waals surface area contributed by atoms with Crippen LogP contribution in [-0.2, 0) is 16.3 Å². The van der Waals surface area contributed by atoms with Crippen LogP contribution in [0.2, 0.25) is 15.1 Å². The van der Waals surface area contributed by atoms with E-state index in [1.807, 2.05) is 5.38 Å². The van der Waals surface area contributed by atoms with Crippen LogP contribution in [0.4, 0.5) is 9.52 Å². The molecule has 1 aliphatic rings. The zero-order valence-electron chi connectivity index (χ0n) is 16.2. The second-order valence-electron chi connectivity index (χ2n) is 7.35. The summed E-state index contributed by atoms with van der Waals surface area (Å²) in [5.41, 5.74) is 1.64. The Hall–Kier alpha value is -1.38. The first kappa shape index (κ1) is 22.8. The third kappa shape index (κ3) is 5.01. The number of sulfone groups is 1. The molecule has 4 nitrogen and oxygen atoms in total. The lowest BCUT2D eigenvalue weighted by molar-refractivity contribution is 0.529. The minimum atomic E-state index is -3.48. The highest BCUT2D eigenvalue weighted by molar-refractivity contribution is 7.92. The van der Waals surface area contributed by atoms with Crippen LogP contribution in [0.15, 0.2) is 46.7 Å². The van der Waals surface area contributed by atoms with Crippen molar-refractivity contribution in [3.63, 3.8) is 0 Å². The van der Waals surface area contributed by atoms with E-state index in [2.05, 4.69) is 9.88 Å². The molecular formula is C21H18Cl3FN2O2S2. The van der Waals surface area contributed by atoms with Crippen molar-refractivity contribution in [3.05, 3.63) is 73.9 Å². The molecule has 2 heterocycles. The average molecular weight is 520 g/mol. The van der Waals surface area contributed by atoms with Crippen molar-refractivity contribution in [2.45, 2.75) is 29.4 Å². The van der Waals surface area contributed by atoms with E-state index in [0.717, 1.165) is 16.4 Å². The fourth-order valence-electron chi connectivity index (χ4n) is 3.59. The van der Waals surface area contributed by atoms with Gasteiger partial charge in [0, 0.05) is 24.9 Å². The van der Waals surface area contributed by atoms with E-state index in [1.54, 1.807) is 12.1 Å². The zero-order chi connectivity index (χ0) is 22.2. The fraction of sp³-hybridized carbons (Fsp3) is 0.286. The van der Waals surface area contributed by atoms with Crippen molar-refractivity contribution in [2.75, 3.05) is 18.0 Å². The van der Waals surface area contributed by atoms with Gasteiger partial charge in [-0.1, -0.05) is 40.9 Å². The Kier molecular flexibility index (Phi) is 6.79. The topological polar surface area (TPSA) is 50.3 Å². The summed E-state index contributed by atoms with van der Waals surface area (Å²) < 4.78 is 39.6. The largest absolute Gasteiger partial charge is 0.348 e. The Morgan fingerprint density at radius 1 is 1.03 bits per heavy atom. The van der Waals surface area contributed by atoms with Gasteiger partial charge in [0.05, 0.1) is 30.9 Å². The zero-order valence-corrected chi connectivity index (χ0v) is 20.1.